The molecule has 4 nitrogen and oxygen atoms in total. The molecule has 1 atom stereocenters. The number of halogens is 2. The van der Waals surface area contributed by atoms with Crippen molar-refractivity contribution >= 4 is 11.6 Å². The van der Waals surface area contributed by atoms with Crippen molar-refractivity contribution in [2.75, 3.05) is 25.5 Å². The Kier molecular flexibility index (Phi) is 6.71. The number of nitrogens with zero attached hydrogens (tertiary/aromatic N) is 1. The summed E-state index contributed by atoms with van der Waals surface area (Å²) in [7, 11) is 1.79. The van der Waals surface area contributed by atoms with Crippen LogP contribution in [0.25, 0.3) is 0 Å². The summed E-state index contributed by atoms with van der Waals surface area (Å²) in [6.45, 7) is 4.85. The van der Waals surface area contributed by atoms with E-state index in [0.29, 0.717) is 12.5 Å². The maximum atomic E-state index is 13.4. The fourth-order valence-electron chi connectivity index (χ4n) is 1.81. The van der Waals surface area contributed by atoms with E-state index in [0.717, 1.165) is 24.6 Å². The number of carbonyl (C=O) groups excluding carboxylic acids is 1. The number of amides is 1. The Bertz CT molecular complexity index is 480. The SMILES string of the molecule is CC(C)C(N)CCN(C)CC(=O)Nc1cc(F)ccc1F. The molecule has 1 aromatic rings. The number of nitrogens with two attached hydrogens (primary N) is 1. The third-order valence-electron chi connectivity index (χ3n) is 3.32. The van der Waals surface area contributed by atoms with E-state index in [1.54, 1.807) is 11.9 Å². The molecule has 0 fully saturated rings. The predicted molar refractivity (Wildman–Crippen MR) is 79.9 cm³/mol. The van der Waals surface area contributed by atoms with Gasteiger partial charge in [0.1, 0.15) is 11.6 Å². The Morgan fingerprint density at radius 3 is 2.67 bits per heavy atom. The third kappa shape index (κ3) is 6.18. The minimum absolute atomic E-state index is 0.0798. The van der Waals surface area contributed by atoms with E-state index >= 15 is 0 Å². The summed E-state index contributed by atoms with van der Waals surface area (Å²) in [5.41, 5.74) is 5.79. The number of hydrogen-bond donors (Lipinski definition) is 2. The van der Waals surface area contributed by atoms with Crippen LogP contribution in [0, 0.1) is 17.6 Å². The zero-order valence-corrected chi connectivity index (χ0v) is 12.7. The van der Waals surface area contributed by atoms with Gasteiger partial charge in [-0.3, -0.25) is 9.69 Å². The maximum Gasteiger partial charge on any atom is 0.238 e. The van der Waals surface area contributed by atoms with E-state index in [2.05, 4.69) is 5.32 Å². The van der Waals surface area contributed by atoms with Gasteiger partial charge in [-0.15, -0.1) is 0 Å². The van der Waals surface area contributed by atoms with Crippen LogP contribution in [-0.2, 0) is 4.79 Å². The molecule has 0 saturated heterocycles. The Hall–Kier alpha value is -1.53. The molecule has 1 aromatic carbocycles. The highest BCUT2D eigenvalue weighted by Gasteiger charge is 2.13. The molecule has 0 aliphatic heterocycles. The molecule has 0 spiro atoms. The van der Waals surface area contributed by atoms with Crippen LogP contribution in [0.4, 0.5) is 14.5 Å². The summed E-state index contributed by atoms with van der Waals surface area (Å²) in [5, 5.41) is 2.37. The van der Waals surface area contributed by atoms with Gasteiger partial charge in [-0.1, -0.05) is 13.8 Å². The zero-order valence-electron chi connectivity index (χ0n) is 12.7. The van der Waals surface area contributed by atoms with Gasteiger partial charge in [0.2, 0.25) is 5.91 Å². The fraction of sp³-hybridized carbons (Fsp3) is 0.533. The molecule has 0 aliphatic carbocycles. The Morgan fingerprint density at radius 2 is 2.05 bits per heavy atom. The lowest BCUT2D eigenvalue weighted by Crippen LogP contribution is -2.35. The Balaban J connectivity index is 2.44. The molecule has 1 rings (SSSR count). The Labute approximate surface area is 124 Å². The van der Waals surface area contributed by atoms with Crippen molar-refractivity contribution in [3.63, 3.8) is 0 Å². The molecule has 0 aromatic heterocycles. The van der Waals surface area contributed by atoms with E-state index in [-0.39, 0.29) is 24.2 Å². The molecule has 3 N–H and O–H groups in total. The highest BCUT2D eigenvalue weighted by molar-refractivity contribution is 5.92. The van der Waals surface area contributed by atoms with Crippen molar-refractivity contribution in [1.82, 2.24) is 4.90 Å². The lowest BCUT2D eigenvalue weighted by atomic mass is 10.0. The molecular weight excluding hydrogens is 276 g/mol. The van der Waals surface area contributed by atoms with E-state index in [1.165, 1.54) is 0 Å². The van der Waals surface area contributed by atoms with Crippen LogP contribution in [0.1, 0.15) is 20.3 Å². The van der Waals surface area contributed by atoms with E-state index in [9.17, 15) is 13.6 Å². The van der Waals surface area contributed by atoms with Gasteiger partial charge in [0.05, 0.1) is 12.2 Å². The summed E-state index contributed by atoms with van der Waals surface area (Å²) < 4.78 is 26.4. The molecule has 0 radical (unpaired) electrons. The summed E-state index contributed by atoms with van der Waals surface area (Å²) in [4.78, 5) is 13.6. The highest BCUT2D eigenvalue weighted by Crippen LogP contribution is 2.15. The van der Waals surface area contributed by atoms with Crippen LogP contribution >= 0.6 is 0 Å². The van der Waals surface area contributed by atoms with Gasteiger partial charge in [0, 0.05) is 12.1 Å². The lowest BCUT2D eigenvalue weighted by molar-refractivity contribution is -0.117. The van der Waals surface area contributed by atoms with Crippen LogP contribution in [0.5, 0.6) is 0 Å². The van der Waals surface area contributed by atoms with Crippen molar-refractivity contribution in [1.29, 1.82) is 0 Å². The minimum atomic E-state index is -0.658. The molecule has 118 valence electrons. The molecule has 1 unspecified atom stereocenters. The summed E-state index contributed by atoms with van der Waals surface area (Å²) in [5.74, 6) is -1.26. The first-order valence-corrected chi connectivity index (χ1v) is 6.98. The normalized spacial score (nSPS) is 12.8. The van der Waals surface area contributed by atoms with E-state index in [1.807, 2.05) is 13.8 Å². The van der Waals surface area contributed by atoms with Crippen LogP contribution < -0.4 is 11.1 Å². The first-order valence-electron chi connectivity index (χ1n) is 6.98. The molecule has 0 saturated carbocycles. The average Bonchev–Trinajstić information content (AvgIpc) is 2.39. The fourth-order valence-corrected chi connectivity index (χ4v) is 1.81. The molecule has 21 heavy (non-hydrogen) atoms. The Morgan fingerprint density at radius 1 is 1.38 bits per heavy atom. The standard InChI is InChI=1S/C15H23F2N3O/c1-10(2)13(18)6-7-20(3)9-15(21)19-14-8-11(16)4-5-12(14)17/h4-5,8,10,13H,6-7,9,18H2,1-3H3,(H,19,21). The van der Waals surface area contributed by atoms with Gasteiger partial charge in [-0.05, 0) is 38.1 Å². The van der Waals surface area contributed by atoms with E-state index < -0.39 is 11.6 Å². The second kappa shape index (κ2) is 8.05. The first-order chi connectivity index (χ1) is 9.79. The number of nitrogens with one attached hydrogen (secondary N) is 1. The monoisotopic (exact) mass is 299 g/mol. The number of carbonyl (C=O) groups is 1. The maximum absolute atomic E-state index is 13.4. The minimum Gasteiger partial charge on any atom is -0.327 e. The summed E-state index contributed by atoms with van der Waals surface area (Å²) >= 11 is 0. The molecular formula is C15H23F2N3O. The number of benzene rings is 1. The first kappa shape index (κ1) is 17.5. The molecule has 0 bridgehead atoms. The van der Waals surface area contributed by atoms with Gasteiger partial charge in [0.15, 0.2) is 0 Å². The molecule has 0 aliphatic rings. The number of hydrogen-bond acceptors (Lipinski definition) is 3. The molecule has 6 heteroatoms. The quantitative estimate of drug-likeness (QED) is 0.811. The number of rotatable bonds is 7. The summed E-state index contributed by atoms with van der Waals surface area (Å²) in [6.07, 6.45) is 0.774. The van der Waals surface area contributed by atoms with E-state index in [4.69, 9.17) is 5.73 Å². The van der Waals surface area contributed by atoms with Crippen molar-refractivity contribution in [2.45, 2.75) is 26.3 Å². The van der Waals surface area contributed by atoms with Gasteiger partial charge >= 0.3 is 0 Å². The predicted octanol–water partition coefficient (Wildman–Crippen LogP) is 2.21. The van der Waals surface area contributed by atoms with Crippen LogP contribution in [-0.4, -0.2) is 37.0 Å². The van der Waals surface area contributed by atoms with Gasteiger partial charge < -0.3 is 11.1 Å². The molecule has 0 heterocycles. The van der Waals surface area contributed by atoms with Crippen LogP contribution in [0.3, 0.4) is 0 Å². The lowest BCUT2D eigenvalue weighted by Gasteiger charge is -2.21. The molecule has 1 amide bonds. The summed E-state index contributed by atoms with van der Waals surface area (Å²) in [6, 6.07) is 3.03. The van der Waals surface area contributed by atoms with Crippen molar-refractivity contribution in [3.8, 4) is 0 Å². The smallest absolute Gasteiger partial charge is 0.238 e. The largest absolute Gasteiger partial charge is 0.327 e. The average molecular weight is 299 g/mol. The van der Waals surface area contributed by atoms with Crippen molar-refractivity contribution in [2.24, 2.45) is 11.7 Å². The highest BCUT2D eigenvalue weighted by atomic mass is 19.1. The second-order valence-electron chi connectivity index (χ2n) is 5.61. The number of likely N-dealkylation sites (N-methyl/N-ethyl adjacent to an activating group) is 1. The van der Waals surface area contributed by atoms with Crippen molar-refractivity contribution < 1.29 is 13.6 Å². The third-order valence-corrected chi connectivity index (χ3v) is 3.32. The van der Waals surface area contributed by atoms with Gasteiger partial charge in [-0.2, -0.15) is 0 Å². The van der Waals surface area contributed by atoms with Crippen molar-refractivity contribution in [3.05, 3.63) is 29.8 Å². The van der Waals surface area contributed by atoms with Crippen LogP contribution in [0.2, 0.25) is 0 Å². The van der Waals surface area contributed by atoms with Gasteiger partial charge in [-0.25, -0.2) is 8.78 Å². The topological polar surface area (TPSA) is 58.4 Å². The number of anilines is 1. The van der Waals surface area contributed by atoms with Gasteiger partial charge in [0.25, 0.3) is 0 Å². The zero-order chi connectivity index (χ0) is 16.0. The van der Waals surface area contributed by atoms with Crippen LogP contribution in [0.15, 0.2) is 18.2 Å². The second-order valence-corrected chi connectivity index (χ2v) is 5.61.